The smallest absolute Gasteiger partial charge is 0.251 e. The summed E-state index contributed by atoms with van der Waals surface area (Å²) in [6.45, 7) is 0.950. The molecule has 0 aliphatic carbocycles. The molecule has 0 unspecified atom stereocenters. The molecule has 0 spiro atoms. The highest BCUT2D eigenvalue weighted by Gasteiger charge is 1.95. The molecule has 0 radical (unpaired) electrons. The van der Waals surface area contributed by atoms with Crippen molar-refractivity contribution in [1.29, 1.82) is 0 Å². The lowest BCUT2D eigenvalue weighted by atomic mass is 10.1. The maximum atomic E-state index is 12.7. The zero-order valence-corrected chi connectivity index (χ0v) is 10.4. The van der Waals surface area contributed by atoms with Crippen molar-refractivity contribution in [3.05, 3.63) is 69.9 Å². The Morgan fingerprint density at radius 2 is 1.79 bits per heavy atom. The third-order valence-electron chi connectivity index (χ3n) is 2.73. The van der Waals surface area contributed by atoms with E-state index < -0.39 is 0 Å². The average molecular weight is 258 g/mol. The Labute approximate surface area is 110 Å². The fraction of sp³-hybridized carbons (Fsp3) is 0.133. The number of hydrogen-bond donors (Lipinski definition) is 1. The topological polar surface area (TPSA) is 48.0 Å². The number of benzene rings is 1. The summed E-state index contributed by atoms with van der Waals surface area (Å²) in [5.41, 5.74) is 7.02. The molecule has 0 fully saturated rings. The van der Waals surface area contributed by atoms with Crippen LogP contribution in [0.2, 0.25) is 0 Å². The normalized spacial score (nSPS) is 11.1. The van der Waals surface area contributed by atoms with Crippen molar-refractivity contribution in [2.45, 2.75) is 6.54 Å². The minimum Gasteiger partial charge on any atom is -0.329 e. The molecule has 0 bridgehead atoms. The van der Waals surface area contributed by atoms with Gasteiger partial charge in [-0.05, 0) is 29.3 Å². The zero-order chi connectivity index (χ0) is 13.7. The molecule has 0 amide bonds. The molecule has 0 aliphatic rings. The molecule has 0 aliphatic heterocycles. The lowest BCUT2D eigenvalue weighted by molar-refractivity contribution is 0.628. The molecule has 2 aromatic rings. The monoisotopic (exact) mass is 258 g/mol. The van der Waals surface area contributed by atoms with Crippen LogP contribution in [0.1, 0.15) is 11.1 Å². The molecule has 1 aromatic heterocycles. The Kier molecular flexibility index (Phi) is 4.26. The first kappa shape index (κ1) is 13.2. The van der Waals surface area contributed by atoms with Gasteiger partial charge >= 0.3 is 0 Å². The van der Waals surface area contributed by atoms with Crippen LogP contribution in [0.4, 0.5) is 4.39 Å². The van der Waals surface area contributed by atoms with E-state index in [9.17, 15) is 9.18 Å². The highest BCUT2D eigenvalue weighted by molar-refractivity contribution is 5.69. The van der Waals surface area contributed by atoms with E-state index in [1.807, 2.05) is 18.2 Å². The van der Waals surface area contributed by atoms with E-state index in [4.69, 9.17) is 5.73 Å². The average Bonchev–Trinajstić information content (AvgIpc) is 2.41. The van der Waals surface area contributed by atoms with Gasteiger partial charge in [0.2, 0.25) is 0 Å². The van der Waals surface area contributed by atoms with Crippen LogP contribution in [0, 0.1) is 5.82 Å². The lowest BCUT2D eigenvalue weighted by Crippen LogP contribution is -2.22. The van der Waals surface area contributed by atoms with Crippen molar-refractivity contribution < 1.29 is 4.39 Å². The van der Waals surface area contributed by atoms with Gasteiger partial charge in [0.1, 0.15) is 5.82 Å². The van der Waals surface area contributed by atoms with Crippen LogP contribution < -0.4 is 11.3 Å². The number of aromatic nitrogens is 1. The molecule has 4 heteroatoms. The molecule has 2 rings (SSSR count). The van der Waals surface area contributed by atoms with Crippen molar-refractivity contribution in [3.8, 4) is 0 Å². The van der Waals surface area contributed by atoms with Gasteiger partial charge in [-0.25, -0.2) is 4.39 Å². The van der Waals surface area contributed by atoms with E-state index in [-0.39, 0.29) is 11.4 Å². The van der Waals surface area contributed by atoms with E-state index in [0.29, 0.717) is 13.1 Å². The Bertz CT molecular complexity index is 629. The molecular formula is C15H15FN2O. The minimum absolute atomic E-state index is 0.0771. The van der Waals surface area contributed by atoms with Gasteiger partial charge in [0.05, 0.1) is 0 Å². The van der Waals surface area contributed by atoms with Crippen LogP contribution in [-0.2, 0) is 6.54 Å². The molecule has 19 heavy (non-hydrogen) atoms. The van der Waals surface area contributed by atoms with E-state index in [2.05, 4.69) is 0 Å². The highest BCUT2D eigenvalue weighted by Crippen LogP contribution is 2.08. The second-order valence-electron chi connectivity index (χ2n) is 4.17. The molecule has 1 heterocycles. The number of nitrogens with two attached hydrogens (primary N) is 1. The first-order valence-electron chi connectivity index (χ1n) is 6.03. The summed E-state index contributed by atoms with van der Waals surface area (Å²) in [6.07, 6.45) is 5.38. The third kappa shape index (κ3) is 3.63. The summed E-state index contributed by atoms with van der Waals surface area (Å²) in [4.78, 5) is 11.7. The quantitative estimate of drug-likeness (QED) is 0.913. The zero-order valence-electron chi connectivity index (χ0n) is 10.4. The fourth-order valence-corrected chi connectivity index (χ4v) is 1.72. The van der Waals surface area contributed by atoms with Crippen molar-refractivity contribution in [2.24, 2.45) is 5.73 Å². The van der Waals surface area contributed by atoms with Gasteiger partial charge in [-0.2, -0.15) is 0 Å². The van der Waals surface area contributed by atoms with Crippen LogP contribution in [0.15, 0.2) is 47.4 Å². The van der Waals surface area contributed by atoms with Crippen LogP contribution >= 0.6 is 0 Å². The predicted molar refractivity (Wildman–Crippen MR) is 75.1 cm³/mol. The number of hydrogen-bond acceptors (Lipinski definition) is 2. The van der Waals surface area contributed by atoms with E-state index in [1.165, 1.54) is 12.1 Å². The van der Waals surface area contributed by atoms with Crippen LogP contribution in [0.3, 0.4) is 0 Å². The van der Waals surface area contributed by atoms with Crippen LogP contribution in [0.5, 0.6) is 0 Å². The molecule has 0 saturated heterocycles. The minimum atomic E-state index is -0.262. The highest BCUT2D eigenvalue weighted by atomic mass is 19.1. The van der Waals surface area contributed by atoms with Gasteiger partial charge in [0.15, 0.2) is 0 Å². The lowest BCUT2D eigenvalue weighted by Gasteiger charge is -2.03. The predicted octanol–water partition coefficient (Wildman–Crippen LogP) is 2.12. The Morgan fingerprint density at radius 3 is 2.42 bits per heavy atom. The van der Waals surface area contributed by atoms with Crippen LogP contribution in [-0.4, -0.2) is 11.1 Å². The molecule has 98 valence electrons. The summed E-state index contributed by atoms with van der Waals surface area (Å²) in [7, 11) is 0. The van der Waals surface area contributed by atoms with Crippen molar-refractivity contribution >= 4 is 12.2 Å². The third-order valence-corrected chi connectivity index (χ3v) is 2.73. The first-order chi connectivity index (χ1) is 9.19. The van der Waals surface area contributed by atoms with Gasteiger partial charge in [0.25, 0.3) is 5.56 Å². The van der Waals surface area contributed by atoms with E-state index >= 15 is 0 Å². The largest absolute Gasteiger partial charge is 0.329 e. The molecule has 0 saturated carbocycles. The molecule has 2 N–H and O–H groups in total. The maximum absolute atomic E-state index is 12.7. The van der Waals surface area contributed by atoms with Gasteiger partial charge in [-0.15, -0.1) is 0 Å². The summed E-state index contributed by atoms with van der Waals surface area (Å²) < 4.78 is 14.3. The standard InChI is InChI=1S/C15H15FN2O/c16-14-5-3-12(4-6-14)1-2-13-7-9-18(10-8-17)15(19)11-13/h1-7,9,11H,8,10,17H2/b2-1+. The van der Waals surface area contributed by atoms with Gasteiger partial charge in [0, 0.05) is 25.4 Å². The summed E-state index contributed by atoms with van der Waals surface area (Å²) in [5, 5.41) is 0. The van der Waals surface area contributed by atoms with Crippen molar-refractivity contribution in [3.63, 3.8) is 0 Å². The van der Waals surface area contributed by atoms with E-state index in [1.54, 1.807) is 29.0 Å². The number of halogens is 1. The van der Waals surface area contributed by atoms with Crippen molar-refractivity contribution in [1.82, 2.24) is 4.57 Å². The van der Waals surface area contributed by atoms with E-state index in [0.717, 1.165) is 11.1 Å². The van der Waals surface area contributed by atoms with Crippen LogP contribution in [0.25, 0.3) is 12.2 Å². The molecular weight excluding hydrogens is 243 g/mol. The second-order valence-corrected chi connectivity index (χ2v) is 4.17. The second kappa shape index (κ2) is 6.11. The summed E-state index contributed by atoms with van der Waals surface area (Å²) in [5.74, 6) is -0.262. The molecule has 1 aromatic carbocycles. The summed E-state index contributed by atoms with van der Waals surface area (Å²) in [6, 6.07) is 9.56. The molecule has 0 atom stereocenters. The Morgan fingerprint density at radius 1 is 1.11 bits per heavy atom. The fourth-order valence-electron chi connectivity index (χ4n) is 1.72. The van der Waals surface area contributed by atoms with Gasteiger partial charge in [-0.1, -0.05) is 24.3 Å². The number of pyridine rings is 1. The Hall–Kier alpha value is -2.20. The first-order valence-corrected chi connectivity index (χ1v) is 6.03. The Balaban J connectivity index is 2.17. The number of nitrogens with zero attached hydrogens (tertiary/aromatic N) is 1. The molecule has 3 nitrogen and oxygen atoms in total. The maximum Gasteiger partial charge on any atom is 0.251 e. The summed E-state index contributed by atoms with van der Waals surface area (Å²) >= 11 is 0. The van der Waals surface area contributed by atoms with Gasteiger partial charge < -0.3 is 10.3 Å². The SMILES string of the molecule is NCCn1ccc(/C=C/c2ccc(F)cc2)cc1=O. The van der Waals surface area contributed by atoms with Gasteiger partial charge in [-0.3, -0.25) is 4.79 Å². The van der Waals surface area contributed by atoms with Crippen molar-refractivity contribution in [2.75, 3.05) is 6.54 Å². The number of rotatable bonds is 4.